The van der Waals surface area contributed by atoms with E-state index in [1.807, 2.05) is 12.1 Å². The topological polar surface area (TPSA) is 80.8 Å². The molecule has 0 saturated heterocycles. The molecule has 0 bridgehead atoms. The summed E-state index contributed by atoms with van der Waals surface area (Å²) in [5.41, 5.74) is 1.84. The number of ether oxygens (including phenoxy) is 2. The van der Waals surface area contributed by atoms with Gasteiger partial charge in [-0.3, -0.25) is 14.5 Å². The van der Waals surface area contributed by atoms with E-state index in [0.717, 1.165) is 5.56 Å². The van der Waals surface area contributed by atoms with E-state index >= 15 is 0 Å². The van der Waals surface area contributed by atoms with Gasteiger partial charge in [0.2, 0.25) is 11.8 Å². The molecule has 0 atom stereocenters. The van der Waals surface area contributed by atoms with Gasteiger partial charge in [-0.2, -0.15) is 0 Å². The number of hydrogen-bond donors (Lipinski definition) is 1. The Balaban J connectivity index is 1.56. The molecule has 3 aromatic rings. The van der Waals surface area contributed by atoms with Crippen molar-refractivity contribution in [3.63, 3.8) is 0 Å². The summed E-state index contributed by atoms with van der Waals surface area (Å²) in [7, 11) is 0. The molecular formula is C23H20ClN3O4. The number of carbonyl (C=O) groups excluding carboxylic acids is 2. The minimum atomic E-state index is -0.233. The van der Waals surface area contributed by atoms with Gasteiger partial charge in [0, 0.05) is 36.0 Å². The van der Waals surface area contributed by atoms with Gasteiger partial charge in [-0.15, -0.1) is 0 Å². The number of nitrogens with zero attached hydrogens (tertiary/aromatic N) is 2. The Hall–Kier alpha value is -3.58. The van der Waals surface area contributed by atoms with Crippen molar-refractivity contribution in [2.24, 2.45) is 0 Å². The van der Waals surface area contributed by atoms with Crippen LogP contribution in [0.15, 0.2) is 60.8 Å². The van der Waals surface area contributed by atoms with Crippen molar-refractivity contribution in [3.05, 3.63) is 71.4 Å². The van der Waals surface area contributed by atoms with Gasteiger partial charge in [0.25, 0.3) is 0 Å². The largest absolute Gasteiger partial charge is 0.486 e. The number of hydrogen-bond acceptors (Lipinski definition) is 5. The van der Waals surface area contributed by atoms with E-state index in [1.165, 1.54) is 18.0 Å². The van der Waals surface area contributed by atoms with E-state index in [2.05, 4.69) is 10.3 Å². The standard InChI is InChI=1S/C23H20ClN3O4/c1-15(28)27(18-6-7-20-21(14-18)31-11-10-30-20)22-13-17(8-9-25-22)26-23(29)12-16-4-2-3-5-19(16)24/h2-9,13-14H,10-12H2,1H3,(H,25,26,29). The van der Waals surface area contributed by atoms with Crippen LogP contribution in [-0.4, -0.2) is 30.0 Å². The SMILES string of the molecule is CC(=O)N(c1ccc2c(c1)OCCO2)c1cc(NC(=O)Cc2ccccc2Cl)ccn1. The van der Waals surface area contributed by atoms with Crippen molar-refractivity contribution in [1.29, 1.82) is 0 Å². The first-order chi connectivity index (χ1) is 15.0. The second kappa shape index (κ2) is 9.06. The summed E-state index contributed by atoms with van der Waals surface area (Å²) in [5.74, 6) is 1.12. The zero-order valence-electron chi connectivity index (χ0n) is 16.8. The highest BCUT2D eigenvalue weighted by atomic mass is 35.5. The maximum Gasteiger partial charge on any atom is 0.229 e. The number of fused-ring (bicyclic) bond motifs is 1. The first-order valence-electron chi connectivity index (χ1n) is 9.71. The molecule has 1 aliphatic rings. The summed E-state index contributed by atoms with van der Waals surface area (Å²) in [6, 6.07) is 15.8. The zero-order valence-corrected chi connectivity index (χ0v) is 17.6. The smallest absolute Gasteiger partial charge is 0.229 e. The molecule has 0 unspecified atom stereocenters. The highest BCUT2D eigenvalue weighted by Crippen LogP contribution is 2.36. The fraction of sp³-hybridized carbons (Fsp3) is 0.174. The van der Waals surface area contributed by atoms with Gasteiger partial charge in [0.15, 0.2) is 11.5 Å². The molecule has 0 spiro atoms. The molecule has 1 aliphatic heterocycles. The fourth-order valence-electron chi connectivity index (χ4n) is 3.28. The summed E-state index contributed by atoms with van der Waals surface area (Å²) in [4.78, 5) is 30.7. The Kier molecular flexibility index (Phi) is 6.04. The Bertz CT molecular complexity index is 1140. The average molecular weight is 438 g/mol. The van der Waals surface area contributed by atoms with E-state index in [-0.39, 0.29) is 18.2 Å². The monoisotopic (exact) mass is 437 g/mol. The fourth-order valence-corrected chi connectivity index (χ4v) is 3.49. The molecule has 31 heavy (non-hydrogen) atoms. The van der Waals surface area contributed by atoms with Crippen molar-refractivity contribution >= 4 is 40.6 Å². The Morgan fingerprint density at radius 2 is 1.84 bits per heavy atom. The minimum absolute atomic E-state index is 0.135. The second-order valence-corrected chi connectivity index (χ2v) is 7.31. The lowest BCUT2D eigenvalue weighted by atomic mass is 10.1. The van der Waals surface area contributed by atoms with E-state index in [4.69, 9.17) is 21.1 Å². The first kappa shape index (κ1) is 20.7. The molecule has 4 rings (SSSR count). The van der Waals surface area contributed by atoms with Crippen LogP contribution in [0.2, 0.25) is 5.02 Å². The van der Waals surface area contributed by atoms with Crippen LogP contribution in [0.4, 0.5) is 17.2 Å². The van der Waals surface area contributed by atoms with Crippen LogP contribution in [0.1, 0.15) is 12.5 Å². The van der Waals surface area contributed by atoms with Crippen LogP contribution in [0.5, 0.6) is 11.5 Å². The third-order valence-corrected chi connectivity index (χ3v) is 5.03. The van der Waals surface area contributed by atoms with Crippen LogP contribution in [0.25, 0.3) is 0 Å². The van der Waals surface area contributed by atoms with Gasteiger partial charge in [-0.25, -0.2) is 4.98 Å². The molecule has 2 aromatic carbocycles. The van der Waals surface area contributed by atoms with Gasteiger partial charge < -0.3 is 14.8 Å². The van der Waals surface area contributed by atoms with Crippen molar-refractivity contribution in [2.75, 3.05) is 23.4 Å². The number of anilines is 3. The number of amides is 2. The highest BCUT2D eigenvalue weighted by Gasteiger charge is 2.20. The predicted molar refractivity (Wildman–Crippen MR) is 118 cm³/mol. The summed E-state index contributed by atoms with van der Waals surface area (Å²) in [5, 5.41) is 3.37. The third kappa shape index (κ3) is 4.78. The molecule has 158 valence electrons. The summed E-state index contributed by atoms with van der Waals surface area (Å²) < 4.78 is 11.2. The lowest BCUT2D eigenvalue weighted by Crippen LogP contribution is -2.24. The van der Waals surface area contributed by atoms with Crippen molar-refractivity contribution in [1.82, 2.24) is 4.98 Å². The second-order valence-electron chi connectivity index (χ2n) is 6.90. The van der Waals surface area contributed by atoms with Gasteiger partial charge in [0.1, 0.15) is 19.0 Å². The van der Waals surface area contributed by atoms with E-state index in [0.29, 0.717) is 46.9 Å². The first-order valence-corrected chi connectivity index (χ1v) is 10.1. The van der Waals surface area contributed by atoms with Crippen LogP contribution in [-0.2, 0) is 16.0 Å². The number of pyridine rings is 1. The molecule has 0 fully saturated rings. The number of nitrogens with one attached hydrogen (secondary N) is 1. The van der Waals surface area contributed by atoms with Crippen LogP contribution in [0.3, 0.4) is 0 Å². The highest BCUT2D eigenvalue weighted by molar-refractivity contribution is 6.31. The summed E-state index contributed by atoms with van der Waals surface area (Å²) >= 11 is 6.14. The number of carbonyl (C=O) groups is 2. The Morgan fingerprint density at radius 1 is 1.06 bits per heavy atom. The van der Waals surface area contributed by atoms with Crippen LogP contribution in [0, 0.1) is 0 Å². The van der Waals surface area contributed by atoms with E-state index in [1.54, 1.807) is 42.5 Å². The predicted octanol–water partition coefficient (Wildman–Crippen LogP) is 4.37. The maximum atomic E-state index is 12.5. The molecule has 8 heteroatoms. The number of halogens is 1. The van der Waals surface area contributed by atoms with Crippen molar-refractivity contribution in [3.8, 4) is 11.5 Å². The molecule has 2 amide bonds. The van der Waals surface area contributed by atoms with Gasteiger partial charge >= 0.3 is 0 Å². The number of benzene rings is 2. The van der Waals surface area contributed by atoms with Gasteiger partial charge in [-0.1, -0.05) is 29.8 Å². The number of aromatic nitrogens is 1. The summed E-state index contributed by atoms with van der Waals surface area (Å²) in [6.07, 6.45) is 1.67. The average Bonchev–Trinajstić information content (AvgIpc) is 2.75. The third-order valence-electron chi connectivity index (χ3n) is 4.67. The molecule has 0 radical (unpaired) electrons. The minimum Gasteiger partial charge on any atom is -0.486 e. The van der Waals surface area contributed by atoms with Crippen LogP contribution < -0.4 is 19.7 Å². The lowest BCUT2D eigenvalue weighted by Gasteiger charge is -2.24. The maximum absolute atomic E-state index is 12.5. The molecule has 7 nitrogen and oxygen atoms in total. The van der Waals surface area contributed by atoms with Crippen LogP contribution >= 0.6 is 11.6 Å². The molecule has 1 aromatic heterocycles. The van der Waals surface area contributed by atoms with E-state index in [9.17, 15) is 9.59 Å². The zero-order chi connectivity index (χ0) is 21.8. The molecule has 0 aliphatic carbocycles. The Labute approximate surface area is 184 Å². The van der Waals surface area contributed by atoms with Gasteiger partial charge in [0.05, 0.1) is 12.1 Å². The molecular weight excluding hydrogens is 418 g/mol. The quantitative estimate of drug-likeness (QED) is 0.641. The van der Waals surface area contributed by atoms with Crippen molar-refractivity contribution < 1.29 is 19.1 Å². The van der Waals surface area contributed by atoms with Crippen molar-refractivity contribution in [2.45, 2.75) is 13.3 Å². The Morgan fingerprint density at radius 3 is 2.61 bits per heavy atom. The normalized spacial score (nSPS) is 12.2. The summed E-state index contributed by atoms with van der Waals surface area (Å²) in [6.45, 7) is 2.38. The van der Waals surface area contributed by atoms with Gasteiger partial charge in [-0.05, 0) is 29.8 Å². The molecule has 2 heterocycles. The van der Waals surface area contributed by atoms with E-state index < -0.39 is 0 Å². The molecule has 0 saturated carbocycles. The molecule has 1 N–H and O–H groups in total. The number of rotatable bonds is 5. The lowest BCUT2D eigenvalue weighted by molar-refractivity contribution is -0.116.